The lowest BCUT2D eigenvalue weighted by Crippen LogP contribution is -2.30. The summed E-state index contributed by atoms with van der Waals surface area (Å²) in [4.78, 5) is 11.8. The van der Waals surface area contributed by atoms with Gasteiger partial charge in [0, 0.05) is 19.0 Å². The monoisotopic (exact) mass is 262 g/mol. The van der Waals surface area contributed by atoms with Crippen LogP contribution in [0.1, 0.15) is 37.8 Å². The average Bonchev–Trinajstić information content (AvgIpc) is 3.23. The molecule has 0 aromatic heterocycles. The van der Waals surface area contributed by atoms with E-state index in [0.29, 0.717) is 12.5 Å². The predicted molar refractivity (Wildman–Crippen MR) is 75.2 cm³/mol. The maximum absolute atomic E-state index is 11.8. The molecule has 0 unspecified atom stereocenters. The van der Waals surface area contributed by atoms with Crippen LogP contribution in [0.4, 0.5) is 0 Å². The summed E-state index contributed by atoms with van der Waals surface area (Å²) in [6.45, 7) is 2.76. The lowest BCUT2D eigenvalue weighted by Gasteiger charge is -2.15. The number of amides is 1. The fourth-order valence-electron chi connectivity index (χ4n) is 1.97. The zero-order valence-corrected chi connectivity index (χ0v) is 11.6. The number of benzene rings is 1. The van der Waals surface area contributed by atoms with Crippen LogP contribution in [0.3, 0.4) is 0 Å². The van der Waals surface area contributed by atoms with Crippen molar-refractivity contribution in [3.05, 3.63) is 29.8 Å². The van der Waals surface area contributed by atoms with Crippen molar-refractivity contribution < 1.29 is 9.53 Å². The Morgan fingerprint density at radius 1 is 1.37 bits per heavy atom. The molecule has 0 bridgehead atoms. The molecule has 1 aliphatic carbocycles. The van der Waals surface area contributed by atoms with Crippen molar-refractivity contribution >= 4 is 5.91 Å². The number of hydrogen-bond acceptors (Lipinski definition) is 3. The topological polar surface area (TPSA) is 50.4 Å². The normalized spacial score (nSPS) is 15.9. The smallest absolute Gasteiger partial charge is 0.221 e. The van der Waals surface area contributed by atoms with Crippen LogP contribution in [-0.2, 0) is 4.79 Å². The molecule has 1 saturated carbocycles. The highest BCUT2D eigenvalue weighted by Gasteiger charge is 2.20. The van der Waals surface area contributed by atoms with Gasteiger partial charge in [-0.15, -0.1) is 0 Å². The van der Waals surface area contributed by atoms with Gasteiger partial charge in [-0.3, -0.25) is 4.79 Å². The van der Waals surface area contributed by atoms with Crippen LogP contribution in [0, 0.1) is 0 Å². The van der Waals surface area contributed by atoms with Gasteiger partial charge in [0.15, 0.2) is 0 Å². The maximum atomic E-state index is 11.8. The van der Waals surface area contributed by atoms with Crippen molar-refractivity contribution in [1.82, 2.24) is 10.6 Å². The Bertz CT molecular complexity index is 413. The summed E-state index contributed by atoms with van der Waals surface area (Å²) in [5, 5.41) is 6.35. The molecule has 1 aromatic rings. The van der Waals surface area contributed by atoms with E-state index in [2.05, 4.69) is 10.6 Å². The van der Waals surface area contributed by atoms with Gasteiger partial charge in [-0.05, 0) is 37.5 Å². The first-order valence-corrected chi connectivity index (χ1v) is 6.85. The molecular weight excluding hydrogens is 240 g/mol. The minimum Gasteiger partial charge on any atom is -0.497 e. The second-order valence-electron chi connectivity index (χ2n) is 5.04. The van der Waals surface area contributed by atoms with E-state index in [1.807, 2.05) is 31.2 Å². The van der Waals surface area contributed by atoms with Crippen molar-refractivity contribution in [3.8, 4) is 5.75 Å². The van der Waals surface area contributed by atoms with Crippen molar-refractivity contribution in [2.24, 2.45) is 0 Å². The molecule has 0 spiro atoms. The highest BCUT2D eigenvalue weighted by atomic mass is 16.5. The molecule has 0 radical (unpaired) electrons. The first-order valence-electron chi connectivity index (χ1n) is 6.85. The Balaban J connectivity index is 1.74. The lowest BCUT2D eigenvalue weighted by atomic mass is 10.1. The fraction of sp³-hybridized carbons (Fsp3) is 0.533. The molecule has 19 heavy (non-hydrogen) atoms. The lowest BCUT2D eigenvalue weighted by molar-refractivity contribution is -0.121. The highest BCUT2D eigenvalue weighted by Crippen LogP contribution is 2.19. The Labute approximate surface area is 114 Å². The third-order valence-electron chi connectivity index (χ3n) is 3.36. The molecule has 1 aromatic carbocycles. The zero-order valence-electron chi connectivity index (χ0n) is 11.6. The van der Waals surface area contributed by atoms with Crippen LogP contribution in [0.15, 0.2) is 24.3 Å². The SMILES string of the molecule is COc1ccc([C@@H](C)NC(=O)CCNC2CC2)cc1. The average molecular weight is 262 g/mol. The van der Waals surface area contributed by atoms with E-state index in [4.69, 9.17) is 4.74 Å². The predicted octanol–water partition coefficient (Wildman–Crippen LogP) is 2.01. The Hall–Kier alpha value is -1.55. The van der Waals surface area contributed by atoms with E-state index in [0.717, 1.165) is 17.9 Å². The molecule has 1 amide bonds. The number of ether oxygens (including phenoxy) is 1. The maximum Gasteiger partial charge on any atom is 0.221 e. The summed E-state index contributed by atoms with van der Waals surface area (Å²) in [7, 11) is 1.65. The van der Waals surface area contributed by atoms with Crippen molar-refractivity contribution in [1.29, 1.82) is 0 Å². The molecule has 4 heteroatoms. The van der Waals surface area contributed by atoms with Crippen molar-refractivity contribution in [3.63, 3.8) is 0 Å². The Morgan fingerprint density at radius 2 is 2.05 bits per heavy atom. The summed E-state index contributed by atoms with van der Waals surface area (Å²) >= 11 is 0. The first kappa shape index (κ1) is 13.9. The molecule has 0 aliphatic heterocycles. The molecule has 2 N–H and O–H groups in total. The van der Waals surface area contributed by atoms with Crippen LogP contribution < -0.4 is 15.4 Å². The number of nitrogens with one attached hydrogen (secondary N) is 2. The molecule has 104 valence electrons. The summed E-state index contributed by atoms with van der Waals surface area (Å²) in [6.07, 6.45) is 3.05. The van der Waals surface area contributed by atoms with E-state index in [1.165, 1.54) is 12.8 Å². The second-order valence-corrected chi connectivity index (χ2v) is 5.04. The van der Waals surface area contributed by atoms with E-state index >= 15 is 0 Å². The van der Waals surface area contributed by atoms with Gasteiger partial charge in [-0.2, -0.15) is 0 Å². The number of methoxy groups -OCH3 is 1. The molecule has 0 saturated heterocycles. The van der Waals surface area contributed by atoms with Gasteiger partial charge in [0.05, 0.1) is 13.2 Å². The van der Waals surface area contributed by atoms with E-state index in [-0.39, 0.29) is 11.9 Å². The van der Waals surface area contributed by atoms with Gasteiger partial charge in [0.2, 0.25) is 5.91 Å². The van der Waals surface area contributed by atoms with Crippen LogP contribution in [0.5, 0.6) is 5.75 Å². The van der Waals surface area contributed by atoms with Crippen LogP contribution >= 0.6 is 0 Å². The minimum atomic E-state index is 0.0272. The van der Waals surface area contributed by atoms with E-state index in [9.17, 15) is 4.79 Å². The summed E-state index contributed by atoms with van der Waals surface area (Å²) < 4.78 is 5.12. The van der Waals surface area contributed by atoms with Crippen LogP contribution in [-0.4, -0.2) is 25.6 Å². The summed E-state index contributed by atoms with van der Waals surface area (Å²) in [5.74, 6) is 0.923. The number of carbonyl (C=O) groups excluding carboxylic acids is 1. The highest BCUT2D eigenvalue weighted by molar-refractivity contribution is 5.76. The van der Waals surface area contributed by atoms with Crippen LogP contribution in [0.2, 0.25) is 0 Å². The van der Waals surface area contributed by atoms with Gasteiger partial charge in [-0.1, -0.05) is 12.1 Å². The van der Waals surface area contributed by atoms with Gasteiger partial charge in [-0.25, -0.2) is 0 Å². The molecule has 4 nitrogen and oxygen atoms in total. The minimum absolute atomic E-state index is 0.0272. The fourth-order valence-corrected chi connectivity index (χ4v) is 1.97. The summed E-state index contributed by atoms with van der Waals surface area (Å²) in [6, 6.07) is 8.46. The van der Waals surface area contributed by atoms with Crippen molar-refractivity contribution in [2.75, 3.05) is 13.7 Å². The number of carbonyl (C=O) groups is 1. The van der Waals surface area contributed by atoms with Crippen LogP contribution in [0.25, 0.3) is 0 Å². The van der Waals surface area contributed by atoms with E-state index < -0.39 is 0 Å². The molecule has 1 fully saturated rings. The van der Waals surface area contributed by atoms with Gasteiger partial charge in [0.1, 0.15) is 5.75 Å². The molecule has 0 heterocycles. The number of rotatable bonds is 7. The van der Waals surface area contributed by atoms with Crippen molar-refractivity contribution in [2.45, 2.75) is 38.3 Å². The molecular formula is C15H22N2O2. The van der Waals surface area contributed by atoms with Gasteiger partial charge in [0.25, 0.3) is 0 Å². The third-order valence-corrected chi connectivity index (χ3v) is 3.36. The zero-order chi connectivity index (χ0) is 13.7. The standard InChI is InChI=1S/C15H22N2O2/c1-11(12-3-7-14(19-2)8-4-12)17-15(18)9-10-16-13-5-6-13/h3-4,7-8,11,13,16H,5-6,9-10H2,1-2H3,(H,17,18)/t11-/m1/s1. The number of hydrogen-bond donors (Lipinski definition) is 2. The molecule has 1 atom stereocenters. The largest absolute Gasteiger partial charge is 0.497 e. The molecule has 1 aliphatic rings. The Morgan fingerprint density at radius 3 is 2.63 bits per heavy atom. The third kappa shape index (κ3) is 4.56. The quantitative estimate of drug-likeness (QED) is 0.790. The first-order chi connectivity index (χ1) is 9.19. The van der Waals surface area contributed by atoms with E-state index in [1.54, 1.807) is 7.11 Å². The second kappa shape index (κ2) is 6.57. The Kier molecular flexibility index (Phi) is 4.80. The van der Waals surface area contributed by atoms with Gasteiger partial charge < -0.3 is 15.4 Å². The molecule has 2 rings (SSSR count). The summed E-state index contributed by atoms with van der Waals surface area (Å²) in [5.41, 5.74) is 1.09. The van der Waals surface area contributed by atoms with Gasteiger partial charge >= 0.3 is 0 Å².